The van der Waals surface area contributed by atoms with Gasteiger partial charge in [0, 0.05) is 5.02 Å². The maximum Gasteiger partial charge on any atom is 0.260 e. The third-order valence-corrected chi connectivity index (χ3v) is 6.64. The third-order valence-electron chi connectivity index (χ3n) is 5.28. The molecule has 0 atom stereocenters. The van der Waals surface area contributed by atoms with E-state index in [0.29, 0.717) is 47.4 Å². The fraction of sp³-hybridized carbons (Fsp3) is 0.259. The Hall–Kier alpha value is -3.56. The molecule has 10 heteroatoms. The lowest BCUT2D eigenvalue weighted by atomic mass is 10.1. The van der Waals surface area contributed by atoms with Crippen LogP contribution >= 0.6 is 11.6 Å². The smallest absolute Gasteiger partial charge is 0.260 e. The number of carbonyl (C=O) groups excluding carboxylic acids is 1. The number of aryl methyl sites for hydroxylation is 1. The second-order valence-corrected chi connectivity index (χ2v) is 10.4. The number of hydrogen-bond donors (Lipinski definition) is 1. The lowest BCUT2D eigenvalue weighted by Crippen LogP contribution is -2.39. The third kappa shape index (κ3) is 8.23. The van der Waals surface area contributed by atoms with Gasteiger partial charge < -0.3 is 9.47 Å². The zero-order valence-corrected chi connectivity index (χ0v) is 22.6. The Balaban J connectivity index is 1.67. The SMILES string of the molecule is CCOc1cc(/C=N\NC(=O)CN(c2ccccc2CC)S(C)(=O)=O)ccc1OCc1cccc(Cl)c1. The van der Waals surface area contributed by atoms with Crippen molar-refractivity contribution < 1.29 is 22.7 Å². The molecular formula is C27H30ClN3O5S. The van der Waals surface area contributed by atoms with Gasteiger partial charge >= 0.3 is 0 Å². The summed E-state index contributed by atoms with van der Waals surface area (Å²) in [6, 6.07) is 19.8. The fourth-order valence-corrected chi connectivity index (χ4v) is 4.66. The van der Waals surface area contributed by atoms with Crippen molar-refractivity contribution in [2.45, 2.75) is 26.9 Å². The van der Waals surface area contributed by atoms with Gasteiger partial charge in [0.15, 0.2) is 11.5 Å². The number of anilines is 1. The van der Waals surface area contributed by atoms with Gasteiger partial charge in [-0.25, -0.2) is 13.8 Å². The predicted molar refractivity (Wildman–Crippen MR) is 147 cm³/mol. The van der Waals surface area contributed by atoms with Gasteiger partial charge in [0.05, 0.1) is 24.8 Å². The van der Waals surface area contributed by atoms with Crippen molar-refractivity contribution in [2.75, 3.05) is 23.7 Å². The van der Waals surface area contributed by atoms with E-state index >= 15 is 0 Å². The molecule has 0 heterocycles. The van der Waals surface area contributed by atoms with Crippen LogP contribution in [0, 0.1) is 0 Å². The first-order valence-electron chi connectivity index (χ1n) is 11.7. The first-order valence-corrected chi connectivity index (χ1v) is 14.0. The number of halogens is 1. The Morgan fingerprint density at radius 1 is 1.03 bits per heavy atom. The number of nitrogens with zero attached hydrogens (tertiary/aromatic N) is 2. The van der Waals surface area contributed by atoms with Gasteiger partial charge in [0.1, 0.15) is 13.2 Å². The van der Waals surface area contributed by atoms with Crippen molar-refractivity contribution in [3.63, 3.8) is 0 Å². The van der Waals surface area contributed by atoms with E-state index in [-0.39, 0.29) is 0 Å². The molecule has 0 radical (unpaired) electrons. The van der Waals surface area contributed by atoms with E-state index in [9.17, 15) is 13.2 Å². The number of rotatable bonds is 12. The minimum atomic E-state index is -3.68. The highest BCUT2D eigenvalue weighted by atomic mass is 35.5. The summed E-state index contributed by atoms with van der Waals surface area (Å²) in [5, 5.41) is 4.62. The zero-order chi connectivity index (χ0) is 26.8. The number of carbonyl (C=O) groups is 1. The molecule has 37 heavy (non-hydrogen) atoms. The molecule has 1 N–H and O–H groups in total. The Kier molecular flexibility index (Phi) is 9.93. The number of sulfonamides is 1. The molecule has 0 saturated carbocycles. The van der Waals surface area contributed by atoms with E-state index in [0.717, 1.165) is 21.7 Å². The average Bonchev–Trinajstić information content (AvgIpc) is 2.86. The summed E-state index contributed by atoms with van der Waals surface area (Å²) < 4.78 is 37.5. The van der Waals surface area contributed by atoms with Gasteiger partial charge in [-0.2, -0.15) is 5.10 Å². The Morgan fingerprint density at radius 2 is 1.81 bits per heavy atom. The van der Waals surface area contributed by atoms with Crippen LogP contribution in [0.15, 0.2) is 71.8 Å². The van der Waals surface area contributed by atoms with Crippen LogP contribution in [0.25, 0.3) is 0 Å². The second kappa shape index (κ2) is 13.1. The van der Waals surface area contributed by atoms with Crippen molar-refractivity contribution in [1.82, 2.24) is 5.43 Å². The molecule has 0 unspecified atom stereocenters. The van der Waals surface area contributed by atoms with Gasteiger partial charge in [0.2, 0.25) is 10.0 Å². The summed E-state index contributed by atoms with van der Waals surface area (Å²) in [6.45, 7) is 4.15. The number of hydrazone groups is 1. The quantitative estimate of drug-likeness (QED) is 0.261. The van der Waals surface area contributed by atoms with Crippen LogP contribution in [0.1, 0.15) is 30.5 Å². The summed E-state index contributed by atoms with van der Waals surface area (Å²) in [4.78, 5) is 12.5. The molecule has 0 aliphatic carbocycles. The van der Waals surface area contributed by atoms with E-state index in [1.807, 2.05) is 44.2 Å². The van der Waals surface area contributed by atoms with Crippen LogP contribution in [0.5, 0.6) is 11.5 Å². The largest absolute Gasteiger partial charge is 0.490 e. The normalized spacial score (nSPS) is 11.4. The van der Waals surface area contributed by atoms with E-state index in [2.05, 4.69) is 10.5 Å². The molecule has 0 saturated heterocycles. The van der Waals surface area contributed by atoms with Crippen LogP contribution in [-0.2, 0) is 27.8 Å². The van der Waals surface area contributed by atoms with Crippen molar-refractivity contribution in [3.05, 3.63) is 88.4 Å². The Morgan fingerprint density at radius 3 is 2.51 bits per heavy atom. The molecule has 0 bridgehead atoms. The van der Waals surface area contributed by atoms with Crippen molar-refractivity contribution >= 4 is 39.4 Å². The zero-order valence-electron chi connectivity index (χ0n) is 21.0. The monoisotopic (exact) mass is 543 g/mol. The number of hydrogen-bond acceptors (Lipinski definition) is 6. The highest BCUT2D eigenvalue weighted by Crippen LogP contribution is 2.29. The van der Waals surface area contributed by atoms with Crippen LogP contribution < -0.4 is 19.2 Å². The average molecular weight is 544 g/mol. The Bertz CT molecular complexity index is 1360. The van der Waals surface area contributed by atoms with Gasteiger partial charge in [-0.15, -0.1) is 0 Å². The molecule has 8 nitrogen and oxygen atoms in total. The van der Waals surface area contributed by atoms with Gasteiger partial charge in [-0.1, -0.05) is 48.9 Å². The maximum absolute atomic E-state index is 12.5. The van der Waals surface area contributed by atoms with E-state index in [1.165, 1.54) is 6.21 Å². The first kappa shape index (κ1) is 28.0. The Labute approximate surface area is 222 Å². The van der Waals surface area contributed by atoms with Crippen LogP contribution in [0.3, 0.4) is 0 Å². The molecule has 0 aromatic heterocycles. The lowest BCUT2D eigenvalue weighted by molar-refractivity contribution is -0.119. The van der Waals surface area contributed by atoms with Crippen LogP contribution in [0.4, 0.5) is 5.69 Å². The molecule has 0 spiro atoms. The topological polar surface area (TPSA) is 97.3 Å². The number of para-hydroxylation sites is 1. The van der Waals surface area contributed by atoms with Crippen molar-refractivity contribution in [2.24, 2.45) is 5.10 Å². The lowest BCUT2D eigenvalue weighted by Gasteiger charge is -2.23. The molecule has 3 aromatic rings. The van der Waals surface area contributed by atoms with Crippen LogP contribution in [0.2, 0.25) is 5.02 Å². The molecule has 3 aromatic carbocycles. The van der Waals surface area contributed by atoms with E-state index in [4.69, 9.17) is 21.1 Å². The van der Waals surface area contributed by atoms with Crippen LogP contribution in [-0.4, -0.2) is 39.9 Å². The number of ether oxygens (including phenoxy) is 2. The number of amides is 1. The van der Waals surface area contributed by atoms with E-state index in [1.54, 1.807) is 36.4 Å². The van der Waals surface area contributed by atoms with Gasteiger partial charge in [-0.3, -0.25) is 9.10 Å². The molecule has 3 rings (SSSR count). The van der Waals surface area contributed by atoms with Gasteiger partial charge in [-0.05, 0) is 66.4 Å². The first-order chi connectivity index (χ1) is 17.7. The standard InChI is InChI=1S/C27H30ClN3O5S/c1-4-22-10-6-7-12-24(22)31(37(3,33)34)18-27(32)30-29-17-20-13-14-25(26(16-20)35-5-2)36-19-21-9-8-11-23(28)15-21/h6-17H,4-5,18-19H2,1-3H3,(H,30,32)/b29-17-. The number of nitrogens with one attached hydrogen (secondary N) is 1. The van der Waals surface area contributed by atoms with Crippen molar-refractivity contribution in [1.29, 1.82) is 0 Å². The summed E-state index contributed by atoms with van der Waals surface area (Å²) >= 11 is 6.04. The molecule has 196 valence electrons. The summed E-state index contributed by atoms with van der Waals surface area (Å²) in [6.07, 6.45) is 3.15. The summed E-state index contributed by atoms with van der Waals surface area (Å²) in [7, 11) is -3.68. The van der Waals surface area contributed by atoms with Gasteiger partial charge in [0.25, 0.3) is 5.91 Å². The minimum absolute atomic E-state index is 0.322. The van der Waals surface area contributed by atoms with Crippen molar-refractivity contribution in [3.8, 4) is 11.5 Å². The molecule has 0 aliphatic rings. The summed E-state index contributed by atoms with van der Waals surface area (Å²) in [5.74, 6) is 0.514. The molecule has 0 fully saturated rings. The molecule has 1 amide bonds. The fourth-order valence-electron chi connectivity index (χ4n) is 3.56. The highest BCUT2D eigenvalue weighted by molar-refractivity contribution is 7.92. The predicted octanol–water partition coefficient (Wildman–Crippen LogP) is 4.80. The second-order valence-electron chi connectivity index (χ2n) is 8.10. The molecule has 0 aliphatic heterocycles. The minimum Gasteiger partial charge on any atom is -0.490 e. The van der Waals surface area contributed by atoms with E-state index < -0.39 is 22.5 Å². The number of benzene rings is 3. The maximum atomic E-state index is 12.5. The summed E-state index contributed by atoms with van der Waals surface area (Å²) in [5.41, 5.74) is 5.28. The highest BCUT2D eigenvalue weighted by Gasteiger charge is 2.22. The molecular weight excluding hydrogens is 514 g/mol.